The van der Waals surface area contributed by atoms with Crippen molar-refractivity contribution in [3.63, 3.8) is 0 Å². The topological polar surface area (TPSA) is 37.3 Å². The van der Waals surface area contributed by atoms with Crippen molar-refractivity contribution in [1.82, 2.24) is 0 Å². The summed E-state index contributed by atoms with van der Waals surface area (Å²) in [6.07, 6.45) is 2.76. The Hall–Kier alpha value is -1.13. The number of benzene rings is 1. The van der Waals surface area contributed by atoms with Gasteiger partial charge in [-0.3, -0.25) is 0 Å². The molecule has 0 amide bonds. The van der Waals surface area contributed by atoms with Crippen LogP contribution in [-0.4, -0.2) is 11.1 Å². The summed E-state index contributed by atoms with van der Waals surface area (Å²) in [5.74, 6) is -0.931. The zero-order chi connectivity index (χ0) is 10.8. The molecule has 0 aliphatic heterocycles. The molecule has 2 nitrogen and oxygen atoms in total. The quantitative estimate of drug-likeness (QED) is 0.852. The van der Waals surface area contributed by atoms with Gasteiger partial charge in [-0.25, -0.2) is 4.79 Å². The molecule has 0 radical (unpaired) electrons. The third kappa shape index (κ3) is 2.11. The molecule has 0 unspecified atom stereocenters. The smallest absolute Gasteiger partial charge is 0.328 e. The summed E-state index contributed by atoms with van der Waals surface area (Å²) >= 11 is 5.04. The molecule has 1 aromatic carbocycles. The Morgan fingerprint density at radius 1 is 1.40 bits per heavy atom. The van der Waals surface area contributed by atoms with Gasteiger partial charge in [0.2, 0.25) is 0 Å². The van der Waals surface area contributed by atoms with Gasteiger partial charge in [-0.15, -0.1) is 11.3 Å². The lowest BCUT2D eigenvalue weighted by molar-refractivity contribution is -0.131. The number of aliphatic carboxylic acids is 1. The highest BCUT2D eigenvalue weighted by atomic mass is 79.9. The molecule has 2 aromatic rings. The molecular formula is C11H7BrO2S. The Kier molecular flexibility index (Phi) is 2.88. The number of fused-ring (bicyclic) bond motifs is 1. The van der Waals surface area contributed by atoms with E-state index in [0.29, 0.717) is 0 Å². The lowest BCUT2D eigenvalue weighted by Crippen LogP contribution is -1.84. The SMILES string of the molecule is O=C(O)/C=C/c1sc2ccccc2c1Br. The zero-order valence-corrected chi connectivity index (χ0v) is 10.0. The zero-order valence-electron chi connectivity index (χ0n) is 7.61. The van der Waals surface area contributed by atoms with Crippen molar-refractivity contribution in [2.75, 3.05) is 0 Å². The monoisotopic (exact) mass is 282 g/mol. The fraction of sp³-hybridized carbons (Fsp3) is 0. The largest absolute Gasteiger partial charge is 0.478 e. The molecule has 4 heteroatoms. The van der Waals surface area contributed by atoms with Crippen LogP contribution in [0.5, 0.6) is 0 Å². The van der Waals surface area contributed by atoms with E-state index in [1.165, 1.54) is 0 Å². The first kappa shape index (κ1) is 10.4. The molecular weight excluding hydrogens is 276 g/mol. The molecule has 76 valence electrons. The van der Waals surface area contributed by atoms with E-state index >= 15 is 0 Å². The molecule has 0 saturated heterocycles. The number of thiophene rings is 1. The average Bonchev–Trinajstić information content (AvgIpc) is 2.54. The minimum atomic E-state index is -0.931. The number of hydrogen-bond donors (Lipinski definition) is 1. The molecule has 0 aliphatic carbocycles. The Morgan fingerprint density at radius 3 is 2.80 bits per heavy atom. The van der Waals surface area contributed by atoms with Gasteiger partial charge >= 0.3 is 5.97 Å². The maximum Gasteiger partial charge on any atom is 0.328 e. The number of carboxylic acid groups (broad SMARTS) is 1. The van der Waals surface area contributed by atoms with E-state index in [0.717, 1.165) is 25.5 Å². The van der Waals surface area contributed by atoms with Crippen LogP contribution in [0.2, 0.25) is 0 Å². The predicted molar refractivity (Wildman–Crippen MR) is 66.2 cm³/mol. The molecule has 0 aliphatic rings. The second-order valence-electron chi connectivity index (χ2n) is 2.95. The summed E-state index contributed by atoms with van der Waals surface area (Å²) in [6.45, 7) is 0. The van der Waals surface area contributed by atoms with Crippen molar-refractivity contribution in [2.24, 2.45) is 0 Å². The van der Waals surface area contributed by atoms with E-state index in [4.69, 9.17) is 5.11 Å². The molecule has 0 saturated carbocycles. The van der Waals surface area contributed by atoms with Crippen molar-refractivity contribution < 1.29 is 9.90 Å². The molecule has 0 atom stereocenters. The Labute approximate surface area is 99.0 Å². The minimum absolute atomic E-state index is 0.929. The van der Waals surface area contributed by atoms with Crippen LogP contribution in [0.25, 0.3) is 16.2 Å². The molecule has 1 aromatic heterocycles. The standard InChI is InChI=1S/C11H7BrO2S/c12-11-7-3-1-2-4-8(7)15-9(11)5-6-10(13)14/h1-6H,(H,13,14)/b6-5+. The second kappa shape index (κ2) is 4.16. The first-order chi connectivity index (χ1) is 7.18. The van der Waals surface area contributed by atoms with Crippen LogP contribution in [-0.2, 0) is 4.79 Å². The third-order valence-corrected chi connectivity index (χ3v) is 4.19. The van der Waals surface area contributed by atoms with Gasteiger partial charge in [0.15, 0.2) is 0 Å². The number of carboxylic acids is 1. The number of carbonyl (C=O) groups is 1. The maximum absolute atomic E-state index is 10.4. The molecule has 0 bridgehead atoms. The highest BCUT2D eigenvalue weighted by Gasteiger charge is 2.06. The average molecular weight is 283 g/mol. The highest BCUT2D eigenvalue weighted by molar-refractivity contribution is 9.10. The van der Waals surface area contributed by atoms with E-state index in [-0.39, 0.29) is 0 Å². The van der Waals surface area contributed by atoms with Crippen molar-refractivity contribution in [1.29, 1.82) is 0 Å². The summed E-state index contributed by atoms with van der Waals surface area (Å²) in [6, 6.07) is 7.96. The first-order valence-electron chi connectivity index (χ1n) is 4.26. The second-order valence-corrected chi connectivity index (χ2v) is 4.82. The van der Waals surface area contributed by atoms with Crippen LogP contribution < -0.4 is 0 Å². The Balaban J connectivity index is 2.53. The summed E-state index contributed by atoms with van der Waals surface area (Å²) < 4.78 is 2.11. The number of hydrogen-bond acceptors (Lipinski definition) is 2. The molecule has 2 rings (SSSR count). The lowest BCUT2D eigenvalue weighted by atomic mass is 10.2. The summed E-state index contributed by atoms with van der Waals surface area (Å²) in [5.41, 5.74) is 0. The van der Waals surface area contributed by atoms with Crippen LogP contribution in [0.15, 0.2) is 34.8 Å². The van der Waals surface area contributed by atoms with Crippen molar-refractivity contribution in [2.45, 2.75) is 0 Å². The van der Waals surface area contributed by atoms with Crippen LogP contribution in [0.3, 0.4) is 0 Å². The van der Waals surface area contributed by atoms with Crippen molar-refractivity contribution >= 4 is 49.4 Å². The first-order valence-corrected chi connectivity index (χ1v) is 5.87. The fourth-order valence-electron chi connectivity index (χ4n) is 1.29. The number of rotatable bonds is 2. The van der Waals surface area contributed by atoms with Gasteiger partial charge < -0.3 is 5.11 Å². The van der Waals surface area contributed by atoms with Crippen molar-refractivity contribution in [3.8, 4) is 0 Å². The molecule has 0 spiro atoms. The number of halogens is 1. The summed E-state index contributed by atoms with van der Waals surface area (Å²) in [5, 5.41) is 9.66. The van der Waals surface area contributed by atoms with Gasteiger partial charge in [-0.2, -0.15) is 0 Å². The van der Waals surface area contributed by atoms with E-state index in [1.54, 1.807) is 17.4 Å². The summed E-state index contributed by atoms with van der Waals surface area (Å²) in [7, 11) is 0. The fourth-order valence-corrected chi connectivity index (χ4v) is 3.14. The van der Waals surface area contributed by atoms with Crippen LogP contribution in [0.4, 0.5) is 0 Å². The molecule has 0 fully saturated rings. The van der Waals surface area contributed by atoms with Crippen LogP contribution in [0.1, 0.15) is 4.88 Å². The predicted octanol–water partition coefficient (Wildman–Crippen LogP) is 3.76. The Morgan fingerprint density at radius 2 is 2.13 bits per heavy atom. The van der Waals surface area contributed by atoms with Crippen molar-refractivity contribution in [3.05, 3.63) is 39.7 Å². The van der Waals surface area contributed by atoms with Gasteiger partial charge in [0.1, 0.15) is 0 Å². The maximum atomic E-state index is 10.4. The van der Waals surface area contributed by atoms with Crippen LogP contribution >= 0.6 is 27.3 Å². The third-order valence-electron chi connectivity index (χ3n) is 1.94. The minimum Gasteiger partial charge on any atom is -0.478 e. The highest BCUT2D eigenvalue weighted by Crippen LogP contribution is 2.36. The summed E-state index contributed by atoms with van der Waals surface area (Å²) in [4.78, 5) is 11.3. The lowest BCUT2D eigenvalue weighted by Gasteiger charge is -1.88. The normalized spacial score (nSPS) is 11.3. The van der Waals surface area contributed by atoms with Gasteiger partial charge in [0, 0.05) is 25.5 Å². The Bertz CT molecular complexity index is 543. The van der Waals surface area contributed by atoms with E-state index in [9.17, 15) is 4.79 Å². The van der Waals surface area contributed by atoms with E-state index in [1.807, 2.05) is 24.3 Å². The molecule has 1 heterocycles. The van der Waals surface area contributed by atoms with Gasteiger partial charge in [-0.1, -0.05) is 18.2 Å². The van der Waals surface area contributed by atoms with Gasteiger partial charge in [-0.05, 0) is 28.1 Å². The van der Waals surface area contributed by atoms with E-state index < -0.39 is 5.97 Å². The van der Waals surface area contributed by atoms with Gasteiger partial charge in [0.25, 0.3) is 0 Å². The van der Waals surface area contributed by atoms with Gasteiger partial charge in [0.05, 0.1) is 0 Å². The van der Waals surface area contributed by atoms with Crippen LogP contribution in [0, 0.1) is 0 Å². The van der Waals surface area contributed by atoms with E-state index in [2.05, 4.69) is 15.9 Å². The molecule has 15 heavy (non-hydrogen) atoms. The molecule has 1 N–H and O–H groups in total.